The van der Waals surface area contributed by atoms with Gasteiger partial charge in [-0.05, 0) is 74.0 Å². The summed E-state index contributed by atoms with van der Waals surface area (Å²) in [7, 11) is 1.69. The average Bonchev–Trinajstić information content (AvgIpc) is 3.12. The van der Waals surface area contributed by atoms with Gasteiger partial charge in [-0.25, -0.2) is 0 Å². The molecular weight excluding hydrogens is 362 g/mol. The van der Waals surface area contributed by atoms with Crippen LogP contribution in [0.1, 0.15) is 41.8 Å². The van der Waals surface area contributed by atoms with E-state index in [-0.39, 0.29) is 5.91 Å². The number of carbonyl (C=O) groups excluding carboxylic acids is 1. The van der Waals surface area contributed by atoms with E-state index >= 15 is 0 Å². The highest BCUT2D eigenvalue weighted by Crippen LogP contribution is 2.29. The molecule has 1 aromatic heterocycles. The first-order chi connectivity index (χ1) is 13.9. The number of benzene rings is 1. The number of amides is 1. The predicted molar refractivity (Wildman–Crippen MR) is 117 cm³/mol. The van der Waals surface area contributed by atoms with Crippen LogP contribution in [0.2, 0.25) is 0 Å². The van der Waals surface area contributed by atoms with Crippen LogP contribution in [0.25, 0.3) is 11.3 Å². The number of hydrogen-bond donors (Lipinski definition) is 1. The van der Waals surface area contributed by atoms with Crippen LogP contribution >= 0.6 is 0 Å². The van der Waals surface area contributed by atoms with Crippen molar-refractivity contribution in [2.24, 2.45) is 11.8 Å². The van der Waals surface area contributed by atoms with Gasteiger partial charge in [-0.15, -0.1) is 0 Å². The van der Waals surface area contributed by atoms with E-state index in [2.05, 4.69) is 41.2 Å². The Labute approximate surface area is 174 Å². The Bertz CT molecular complexity index is 823. The third-order valence-electron chi connectivity index (χ3n) is 5.53. The number of nitrogens with zero attached hydrogens (tertiary/aromatic N) is 2. The monoisotopic (exact) mass is 395 g/mol. The highest BCUT2D eigenvalue weighted by atomic mass is 16.5. The van der Waals surface area contributed by atoms with Crippen molar-refractivity contribution in [2.75, 3.05) is 33.3 Å². The topological polar surface area (TPSA) is 54.5 Å². The van der Waals surface area contributed by atoms with Crippen LogP contribution in [0, 0.1) is 25.7 Å². The van der Waals surface area contributed by atoms with Gasteiger partial charge in [-0.3, -0.25) is 9.78 Å². The highest BCUT2D eigenvalue weighted by Gasteiger charge is 2.23. The predicted octanol–water partition coefficient (Wildman–Crippen LogP) is 4.08. The molecule has 29 heavy (non-hydrogen) atoms. The molecule has 1 aliphatic heterocycles. The molecule has 0 bridgehead atoms. The molecule has 2 heterocycles. The van der Waals surface area contributed by atoms with Gasteiger partial charge < -0.3 is 15.0 Å². The summed E-state index contributed by atoms with van der Waals surface area (Å²) in [5, 5.41) is 3.09. The van der Waals surface area contributed by atoms with Gasteiger partial charge in [0.1, 0.15) is 5.75 Å². The minimum Gasteiger partial charge on any atom is -0.496 e. The Morgan fingerprint density at radius 1 is 1.28 bits per heavy atom. The zero-order valence-electron chi connectivity index (χ0n) is 18.3. The van der Waals surface area contributed by atoms with E-state index in [9.17, 15) is 4.79 Å². The van der Waals surface area contributed by atoms with Crippen molar-refractivity contribution >= 4 is 5.91 Å². The summed E-state index contributed by atoms with van der Waals surface area (Å²) in [6, 6.07) is 7.90. The largest absolute Gasteiger partial charge is 0.496 e. The van der Waals surface area contributed by atoms with E-state index in [4.69, 9.17) is 4.74 Å². The van der Waals surface area contributed by atoms with Gasteiger partial charge in [0.05, 0.1) is 18.4 Å². The van der Waals surface area contributed by atoms with Crippen LogP contribution in [0.5, 0.6) is 5.75 Å². The fraction of sp³-hybridized carbons (Fsp3) is 0.500. The van der Waals surface area contributed by atoms with Gasteiger partial charge in [-0.1, -0.05) is 13.8 Å². The van der Waals surface area contributed by atoms with Gasteiger partial charge in [-0.2, -0.15) is 0 Å². The number of rotatable bonds is 7. The molecule has 3 rings (SSSR count). The second-order valence-electron chi connectivity index (χ2n) is 8.59. The number of pyridine rings is 1. The maximum atomic E-state index is 12.5. The Kier molecular flexibility index (Phi) is 6.91. The number of carbonyl (C=O) groups is 1. The molecule has 5 heteroatoms. The van der Waals surface area contributed by atoms with Crippen molar-refractivity contribution in [3.8, 4) is 17.0 Å². The minimum atomic E-state index is -0.0477. The van der Waals surface area contributed by atoms with Gasteiger partial charge >= 0.3 is 0 Å². The van der Waals surface area contributed by atoms with Crippen LogP contribution in [0.3, 0.4) is 0 Å². The normalized spacial score (nSPS) is 17.0. The fourth-order valence-electron chi connectivity index (χ4n) is 4.22. The molecule has 1 N–H and O–H groups in total. The summed E-state index contributed by atoms with van der Waals surface area (Å²) < 4.78 is 5.44. The molecule has 1 aromatic carbocycles. The molecule has 1 saturated heterocycles. The number of nitrogens with one attached hydrogen (secondary N) is 1. The zero-order valence-corrected chi connectivity index (χ0v) is 18.3. The third-order valence-corrected chi connectivity index (χ3v) is 5.53. The first-order valence-corrected chi connectivity index (χ1v) is 10.5. The maximum Gasteiger partial charge on any atom is 0.252 e. The first-order valence-electron chi connectivity index (χ1n) is 10.5. The van der Waals surface area contributed by atoms with Crippen molar-refractivity contribution in [3.05, 3.63) is 47.2 Å². The Morgan fingerprint density at radius 2 is 2.00 bits per heavy atom. The van der Waals surface area contributed by atoms with Crippen LogP contribution in [-0.2, 0) is 0 Å². The average molecular weight is 396 g/mol. The third kappa shape index (κ3) is 5.36. The van der Waals surface area contributed by atoms with E-state index in [1.165, 1.54) is 0 Å². The number of ether oxygens (including phenoxy) is 1. The van der Waals surface area contributed by atoms with Crippen molar-refractivity contribution < 1.29 is 9.53 Å². The van der Waals surface area contributed by atoms with Crippen molar-refractivity contribution in [2.45, 2.75) is 34.1 Å². The van der Waals surface area contributed by atoms with Crippen molar-refractivity contribution in [3.63, 3.8) is 0 Å². The van der Waals surface area contributed by atoms with Gasteiger partial charge in [0, 0.05) is 31.4 Å². The Morgan fingerprint density at radius 3 is 2.59 bits per heavy atom. The van der Waals surface area contributed by atoms with Crippen molar-refractivity contribution in [1.29, 1.82) is 0 Å². The molecule has 156 valence electrons. The number of aromatic nitrogens is 1. The summed E-state index contributed by atoms with van der Waals surface area (Å²) in [4.78, 5) is 19.5. The summed E-state index contributed by atoms with van der Waals surface area (Å²) >= 11 is 0. The molecule has 0 aliphatic carbocycles. The van der Waals surface area contributed by atoms with Crippen LogP contribution in [0.15, 0.2) is 30.5 Å². The lowest BCUT2D eigenvalue weighted by Crippen LogP contribution is -2.31. The first kappa shape index (κ1) is 21.3. The summed E-state index contributed by atoms with van der Waals surface area (Å²) in [6.45, 7) is 12.6. The van der Waals surface area contributed by atoms with E-state index in [1.807, 2.05) is 26.0 Å². The van der Waals surface area contributed by atoms with Crippen molar-refractivity contribution in [1.82, 2.24) is 15.2 Å². The number of methoxy groups -OCH3 is 1. The minimum absolute atomic E-state index is 0.0477. The number of hydrogen-bond acceptors (Lipinski definition) is 4. The van der Waals surface area contributed by atoms with Gasteiger partial charge in [0.25, 0.3) is 5.91 Å². The summed E-state index contributed by atoms with van der Waals surface area (Å²) in [6.07, 6.45) is 2.82. The molecule has 1 amide bonds. The lowest BCUT2D eigenvalue weighted by molar-refractivity contribution is 0.0947. The number of aryl methyl sites for hydroxylation is 2. The van der Waals surface area contributed by atoms with Crippen LogP contribution in [-0.4, -0.2) is 49.1 Å². The van der Waals surface area contributed by atoms with E-state index in [1.54, 1.807) is 13.3 Å². The Hall–Kier alpha value is -2.40. The molecule has 0 spiro atoms. The van der Waals surface area contributed by atoms with Gasteiger partial charge in [0.2, 0.25) is 0 Å². The number of likely N-dealkylation sites (tertiary alicyclic amines) is 1. The smallest absolute Gasteiger partial charge is 0.252 e. The molecule has 0 radical (unpaired) electrons. The van der Waals surface area contributed by atoms with Gasteiger partial charge in [0.15, 0.2) is 0 Å². The van der Waals surface area contributed by atoms with Crippen LogP contribution in [0.4, 0.5) is 0 Å². The quantitative estimate of drug-likeness (QED) is 0.767. The van der Waals surface area contributed by atoms with E-state index in [0.717, 1.165) is 60.7 Å². The molecule has 0 saturated carbocycles. The molecule has 1 aliphatic rings. The molecule has 2 aromatic rings. The highest BCUT2D eigenvalue weighted by molar-refractivity contribution is 5.94. The maximum absolute atomic E-state index is 12.5. The SMILES string of the molecule is COc1c(C)cc(-c2ccc(C(=O)NC[C@@H]3CCN(CC(C)C)C3)cn2)cc1C. The molecule has 1 atom stereocenters. The summed E-state index contributed by atoms with van der Waals surface area (Å²) in [5.74, 6) is 2.08. The Balaban J connectivity index is 1.58. The lowest BCUT2D eigenvalue weighted by Gasteiger charge is -2.18. The van der Waals surface area contributed by atoms with E-state index < -0.39 is 0 Å². The lowest BCUT2D eigenvalue weighted by atomic mass is 10.0. The molecular formula is C24H33N3O2. The van der Waals surface area contributed by atoms with E-state index in [0.29, 0.717) is 17.4 Å². The molecule has 5 nitrogen and oxygen atoms in total. The zero-order chi connectivity index (χ0) is 21.0. The fourth-order valence-corrected chi connectivity index (χ4v) is 4.22. The molecule has 0 unspecified atom stereocenters. The summed E-state index contributed by atoms with van der Waals surface area (Å²) in [5.41, 5.74) is 4.65. The standard InChI is InChI=1S/C24H33N3O2/c1-16(2)14-27-9-8-19(15-27)12-26-24(28)20-6-7-22(25-13-20)21-10-17(3)23(29-5)18(4)11-21/h6-7,10-11,13,16,19H,8-9,12,14-15H2,1-5H3,(H,26,28)/t19-/m0/s1. The molecule has 1 fully saturated rings. The van der Waals surface area contributed by atoms with Crippen LogP contribution < -0.4 is 10.1 Å². The second-order valence-corrected chi connectivity index (χ2v) is 8.59. The second kappa shape index (κ2) is 9.40.